The van der Waals surface area contributed by atoms with Crippen molar-refractivity contribution in [2.45, 2.75) is 32.7 Å². The van der Waals surface area contributed by atoms with Crippen molar-refractivity contribution < 1.29 is 29.3 Å². The maximum Gasteiger partial charge on any atom is 0.295 e. The topological polar surface area (TPSA) is 96.3 Å². The molecule has 1 fully saturated rings. The van der Waals surface area contributed by atoms with E-state index in [1.165, 1.54) is 12.0 Å². The Bertz CT molecular complexity index is 1030. The van der Waals surface area contributed by atoms with Crippen molar-refractivity contribution in [1.29, 1.82) is 0 Å². The third-order valence-corrected chi connectivity index (χ3v) is 5.44. The summed E-state index contributed by atoms with van der Waals surface area (Å²) in [5, 5.41) is 20.3. The minimum atomic E-state index is -0.760. The summed E-state index contributed by atoms with van der Waals surface area (Å²) in [5.74, 6) is -0.723. The lowest BCUT2D eigenvalue weighted by Gasteiger charge is -2.25. The standard InChI is InChI=1S/C25H29NO6/c1-4-5-11-26-22(17-7-6-8-18(15-17)32-13-12-27)21(24(29)25(26)30)23(28)19-14-16(2)9-10-20(19)31-3/h6-10,14-15,22,27-28H,4-5,11-13H2,1-3H3/b23-21+. The molecular formula is C25H29NO6. The molecule has 0 radical (unpaired) electrons. The lowest BCUT2D eigenvalue weighted by atomic mass is 9.94. The molecule has 0 aromatic heterocycles. The fraction of sp³-hybridized carbons (Fsp3) is 0.360. The van der Waals surface area contributed by atoms with Gasteiger partial charge in [0, 0.05) is 6.54 Å². The molecule has 1 heterocycles. The molecule has 2 aromatic rings. The van der Waals surface area contributed by atoms with Crippen LogP contribution >= 0.6 is 0 Å². The monoisotopic (exact) mass is 439 g/mol. The molecular weight excluding hydrogens is 410 g/mol. The molecule has 32 heavy (non-hydrogen) atoms. The van der Waals surface area contributed by atoms with E-state index in [1.54, 1.807) is 36.4 Å². The van der Waals surface area contributed by atoms with Gasteiger partial charge in [0.25, 0.3) is 11.7 Å². The molecule has 3 rings (SSSR count). The highest BCUT2D eigenvalue weighted by Gasteiger charge is 2.46. The summed E-state index contributed by atoms with van der Waals surface area (Å²) in [6.07, 6.45) is 1.57. The third-order valence-electron chi connectivity index (χ3n) is 5.44. The van der Waals surface area contributed by atoms with Gasteiger partial charge in [-0.1, -0.05) is 37.1 Å². The van der Waals surface area contributed by atoms with Gasteiger partial charge < -0.3 is 24.6 Å². The summed E-state index contributed by atoms with van der Waals surface area (Å²) in [5.41, 5.74) is 1.90. The van der Waals surface area contributed by atoms with E-state index in [2.05, 4.69) is 0 Å². The van der Waals surface area contributed by atoms with E-state index >= 15 is 0 Å². The lowest BCUT2D eigenvalue weighted by molar-refractivity contribution is -0.139. The Balaban J connectivity index is 2.19. The molecule has 1 aliphatic rings. The van der Waals surface area contributed by atoms with E-state index in [4.69, 9.17) is 14.6 Å². The summed E-state index contributed by atoms with van der Waals surface area (Å²) in [6.45, 7) is 4.25. The minimum absolute atomic E-state index is 0.0225. The highest BCUT2D eigenvalue weighted by atomic mass is 16.5. The number of benzene rings is 2. The average Bonchev–Trinajstić information content (AvgIpc) is 3.05. The molecule has 0 saturated carbocycles. The highest BCUT2D eigenvalue weighted by Crippen LogP contribution is 2.41. The summed E-state index contributed by atoms with van der Waals surface area (Å²) >= 11 is 0. The first-order chi connectivity index (χ1) is 15.4. The zero-order valence-corrected chi connectivity index (χ0v) is 18.6. The number of Topliss-reactive ketones (excluding diaryl/α,β-unsaturated/α-hetero) is 1. The van der Waals surface area contributed by atoms with E-state index in [0.717, 1.165) is 18.4 Å². The Morgan fingerprint density at radius 1 is 1.16 bits per heavy atom. The van der Waals surface area contributed by atoms with Gasteiger partial charge in [-0.15, -0.1) is 0 Å². The number of likely N-dealkylation sites (tertiary alicyclic amines) is 1. The van der Waals surface area contributed by atoms with Crippen LogP contribution in [0.5, 0.6) is 11.5 Å². The van der Waals surface area contributed by atoms with Crippen molar-refractivity contribution in [2.75, 3.05) is 26.9 Å². The molecule has 0 spiro atoms. The summed E-state index contributed by atoms with van der Waals surface area (Å²) in [4.78, 5) is 27.6. The van der Waals surface area contributed by atoms with Gasteiger partial charge in [-0.3, -0.25) is 9.59 Å². The maximum absolute atomic E-state index is 13.1. The van der Waals surface area contributed by atoms with Crippen molar-refractivity contribution in [1.82, 2.24) is 4.90 Å². The number of carbonyl (C=O) groups is 2. The van der Waals surface area contributed by atoms with Crippen LogP contribution in [0.4, 0.5) is 0 Å². The zero-order chi connectivity index (χ0) is 23.3. The second kappa shape index (κ2) is 10.3. The number of hydrogen-bond acceptors (Lipinski definition) is 6. The first-order valence-electron chi connectivity index (χ1n) is 10.7. The van der Waals surface area contributed by atoms with Crippen LogP contribution in [0, 0.1) is 6.92 Å². The molecule has 0 bridgehead atoms. The Labute approximate surface area is 187 Å². The van der Waals surface area contributed by atoms with Gasteiger partial charge in [0.15, 0.2) is 0 Å². The first kappa shape index (κ1) is 23.3. The molecule has 1 saturated heterocycles. The number of unbranched alkanes of at least 4 members (excludes halogenated alkanes) is 1. The number of amides is 1. The summed E-state index contributed by atoms with van der Waals surface area (Å²) < 4.78 is 10.9. The largest absolute Gasteiger partial charge is 0.507 e. The first-order valence-corrected chi connectivity index (χ1v) is 10.7. The number of aryl methyl sites for hydroxylation is 1. The Morgan fingerprint density at radius 2 is 1.94 bits per heavy atom. The van der Waals surface area contributed by atoms with Crippen LogP contribution in [-0.2, 0) is 9.59 Å². The second-order valence-corrected chi connectivity index (χ2v) is 7.69. The van der Waals surface area contributed by atoms with E-state index < -0.39 is 17.7 Å². The van der Waals surface area contributed by atoms with Gasteiger partial charge >= 0.3 is 0 Å². The molecule has 1 unspecified atom stereocenters. The second-order valence-electron chi connectivity index (χ2n) is 7.69. The van der Waals surface area contributed by atoms with Crippen LogP contribution in [0.3, 0.4) is 0 Å². The normalized spacial score (nSPS) is 17.6. The molecule has 2 aromatic carbocycles. The Morgan fingerprint density at radius 3 is 2.62 bits per heavy atom. The Kier molecular flexibility index (Phi) is 7.53. The number of rotatable bonds is 9. The van der Waals surface area contributed by atoms with Gasteiger partial charge in [0.05, 0.1) is 30.9 Å². The van der Waals surface area contributed by atoms with Crippen LogP contribution in [-0.4, -0.2) is 53.7 Å². The number of aliphatic hydroxyl groups excluding tert-OH is 2. The predicted molar refractivity (Wildman–Crippen MR) is 121 cm³/mol. The zero-order valence-electron chi connectivity index (χ0n) is 18.6. The van der Waals surface area contributed by atoms with Crippen LogP contribution in [0.1, 0.15) is 42.5 Å². The van der Waals surface area contributed by atoms with Crippen molar-refractivity contribution in [3.05, 3.63) is 64.7 Å². The minimum Gasteiger partial charge on any atom is -0.507 e. The van der Waals surface area contributed by atoms with Crippen LogP contribution < -0.4 is 9.47 Å². The van der Waals surface area contributed by atoms with Crippen molar-refractivity contribution in [3.8, 4) is 11.5 Å². The third kappa shape index (κ3) is 4.62. The molecule has 7 nitrogen and oxygen atoms in total. The lowest BCUT2D eigenvalue weighted by Crippen LogP contribution is -2.30. The summed E-state index contributed by atoms with van der Waals surface area (Å²) in [6, 6.07) is 11.5. The fourth-order valence-electron chi connectivity index (χ4n) is 3.88. The van der Waals surface area contributed by atoms with Gasteiger partial charge in [0.1, 0.15) is 23.9 Å². The van der Waals surface area contributed by atoms with Gasteiger partial charge in [-0.25, -0.2) is 0 Å². The molecule has 7 heteroatoms. The van der Waals surface area contributed by atoms with Gasteiger partial charge in [-0.2, -0.15) is 0 Å². The highest BCUT2D eigenvalue weighted by molar-refractivity contribution is 6.46. The van der Waals surface area contributed by atoms with E-state index in [-0.39, 0.29) is 24.5 Å². The number of ether oxygens (including phenoxy) is 2. The van der Waals surface area contributed by atoms with E-state index in [0.29, 0.717) is 29.2 Å². The fourth-order valence-corrected chi connectivity index (χ4v) is 3.88. The van der Waals surface area contributed by atoms with E-state index in [1.807, 2.05) is 19.9 Å². The molecule has 1 atom stereocenters. The smallest absolute Gasteiger partial charge is 0.295 e. The average molecular weight is 440 g/mol. The van der Waals surface area contributed by atoms with Crippen LogP contribution in [0.25, 0.3) is 5.76 Å². The molecule has 2 N–H and O–H groups in total. The number of aliphatic hydroxyl groups is 2. The SMILES string of the molecule is CCCCN1C(=O)C(=O)/C(=C(/O)c2cc(C)ccc2OC)C1c1cccc(OCCO)c1. The van der Waals surface area contributed by atoms with Crippen LogP contribution in [0.2, 0.25) is 0 Å². The van der Waals surface area contributed by atoms with Crippen molar-refractivity contribution >= 4 is 17.4 Å². The quantitative estimate of drug-likeness (QED) is 0.352. The van der Waals surface area contributed by atoms with Gasteiger partial charge in [0.2, 0.25) is 0 Å². The Hall–Kier alpha value is -3.32. The summed E-state index contributed by atoms with van der Waals surface area (Å²) in [7, 11) is 1.49. The van der Waals surface area contributed by atoms with Crippen molar-refractivity contribution in [3.63, 3.8) is 0 Å². The van der Waals surface area contributed by atoms with Crippen molar-refractivity contribution in [2.24, 2.45) is 0 Å². The molecule has 1 aliphatic heterocycles. The number of carbonyl (C=O) groups excluding carboxylic acids is 2. The van der Waals surface area contributed by atoms with Gasteiger partial charge in [-0.05, 0) is 43.2 Å². The predicted octanol–water partition coefficient (Wildman–Crippen LogP) is 3.60. The van der Waals surface area contributed by atoms with E-state index in [9.17, 15) is 14.7 Å². The number of ketones is 1. The number of hydrogen-bond donors (Lipinski definition) is 2. The number of methoxy groups -OCH3 is 1. The molecule has 0 aliphatic carbocycles. The van der Waals surface area contributed by atoms with Crippen LogP contribution in [0.15, 0.2) is 48.0 Å². The maximum atomic E-state index is 13.1. The molecule has 170 valence electrons. The molecule has 1 amide bonds. The number of nitrogens with zero attached hydrogens (tertiary/aromatic N) is 1.